The Kier molecular flexibility index (Phi) is 5.53. The van der Waals surface area contributed by atoms with E-state index in [4.69, 9.17) is 0 Å². The molecule has 4 heteroatoms. The van der Waals surface area contributed by atoms with E-state index in [-0.39, 0.29) is 0 Å². The molecule has 2 heterocycles. The van der Waals surface area contributed by atoms with Crippen molar-refractivity contribution >= 4 is 0 Å². The van der Waals surface area contributed by atoms with E-state index >= 15 is 0 Å². The number of rotatable bonds is 8. The van der Waals surface area contributed by atoms with Crippen molar-refractivity contribution in [1.29, 1.82) is 0 Å². The molecule has 0 radical (unpaired) electrons. The molecule has 0 saturated carbocycles. The average Bonchev–Trinajstić information content (AvgIpc) is 2.92. The fourth-order valence-electron chi connectivity index (χ4n) is 2.11. The lowest BCUT2D eigenvalue weighted by atomic mass is 10.1. The Bertz CT molecular complexity index is 464. The number of aryl methyl sites for hydroxylation is 1. The van der Waals surface area contributed by atoms with Crippen LogP contribution in [-0.2, 0) is 6.54 Å². The van der Waals surface area contributed by atoms with Crippen LogP contribution in [0.25, 0.3) is 11.3 Å². The highest BCUT2D eigenvalue weighted by Crippen LogP contribution is 2.14. The second-order valence-corrected chi connectivity index (χ2v) is 4.88. The normalized spacial score (nSPS) is 10.8. The summed E-state index contributed by atoms with van der Waals surface area (Å²) in [5, 5.41) is 8.35. The summed E-state index contributed by atoms with van der Waals surface area (Å²) in [5.41, 5.74) is 1.93. The van der Waals surface area contributed by atoms with Gasteiger partial charge in [0.25, 0.3) is 0 Å². The monoisotopic (exact) mass is 258 g/mol. The van der Waals surface area contributed by atoms with Crippen LogP contribution in [0.3, 0.4) is 0 Å². The summed E-state index contributed by atoms with van der Waals surface area (Å²) in [6.07, 6.45) is 13.4. The number of nitrogens with zero attached hydrogens (tertiary/aromatic N) is 4. The zero-order chi connectivity index (χ0) is 13.3. The minimum absolute atomic E-state index is 0.902. The molecule has 2 aromatic heterocycles. The van der Waals surface area contributed by atoms with Crippen LogP contribution in [0.5, 0.6) is 0 Å². The molecule has 0 N–H and O–H groups in total. The summed E-state index contributed by atoms with van der Waals surface area (Å²) in [4.78, 5) is 4.10. The molecule has 0 aliphatic carbocycles. The maximum atomic E-state index is 4.19. The van der Waals surface area contributed by atoms with Crippen molar-refractivity contribution in [2.45, 2.75) is 52.0 Å². The van der Waals surface area contributed by atoms with Crippen molar-refractivity contribution in [2.75, 3.05) is 0 Å². The average molecular weight is 258 g/mol. The second kappa shape index (κ2) is 7.67. The summed E-state index contributed by atoms with van der Waals surface area (Å²) >= 11 is 0. The third-order valence-corrected chi connectivity index (χ3v) is 3.24. The van der Waals surface area contributed by atoms with Crippen LogP contribution in [0, 0.1) is 0 Å². The highest BCUT2D eigenvalue weighted by atomic mass is 15.4. The molecular weight excluding hydrogens is 236 g/mol. The smallest absolute Gasteiger partial charge is 0.114 e. The third kappa shape index (κ3) is 4.47. The molecule has 0 aliphatic rings. The number of hydrogen-bond acceptors (Lipinski definition) is 3. The van der Waals surface area contributed by atoms with E-state index in [1.807, 2.05) is 29.2 Å². The maximum Gasteiger partial charge on any atom is 0.114 e. The van der Waals surface area contributed by atoms with Crippen LogP contribution >= 0.6 is 0 Å². The zero-order valence-corrected chi connectivity index (χ0v) is 11.6. The lowest BCUT2D eigenvalue weighted by Gasteiger charge is -2.00. The van der Waals surface area contributed by atoms with Gasteiger partial charge < -0.3 is 0 Å². The molecule has 0 fully saturated rings. The van der Waals surface area contributed by atoms with Crippen molar-refractivity contribution in [2.24, 2.45) is 0 Å². The Labute approximate surface area is 114 Å². The summed E-state index contributed by atoms with van der Waals surface area (Å²) in [6.45, 7) is 3.20. The molecule has 0 saturated heterocycles. The molecule has 0 bridgehead atoms. The van der Waals surface area contributed by atoms with E-state index in [9.17, 15) is 0 Å². The van der Waals surface area contributed by atoms with Crippen LogP contribution in [0.2, 0.25) is 0 Å². The molecule has 0 unspecified atom stereocenters. The van der Waals surface area contributed by atoms with Crippen LogP contribution < -0.4 is 0 Å². The summed E-state index contributed by atoms with van der Waals surface area (Å²) in [5.74, 6) is 0. The van der Waals surface area contributed by atoms with Crippen molar-refractivity contribution < 1.29 is 0 Å². The van der Waals surface area contributed by atoms with Gasteiger partial charge in [0.15, 0.2) is 0 Å². The van der Waals surface area contributed by atoms with E-state index in [0.29, 0.717) is 0 Å². The SMILES string of the molecule is CCCCCCCCn1cc(-c2cccnc2)nn1. The molecule has 2 aromatic rings. The Morgan fingerprint density at radius 1 is 1.11 bits per heavy atom. The minimum atomic E-state index is 0.902. The Balaban J connectivity index is 1.75. The van der Waals surface area contributed by atoms with Crippen LogP contribution in [0.15, 0.2) is 30.7 Å². The van der Waals surface area contributed by atoms with Crippen LogP contribution in [0.1, 0.15) is 45.4 Å². The van der Waals surface area contributed by atoms with Gasteiger partial charge in [0, 0.05) is 24.5 Å². The molecule has 4 nitrogen and oxygen atoms in total. The molecule has 0 aromatic carbocycles. The predicted octanol–water partition coefficient (Wildman–Crippen LogP) is 3.70. The molecule has 19 heavy (non-hydrogen) atoms. The second-order valence-electron chi connectivity index (χ2n) is 4.88. The summed E-state index contributed by atoms with van der Waals surface area (Å²) in [6, 6.07) is 3.92. The number of hydrogen-bond donors (Lipinski definition) is 0. The Morgan fingerprint density at radius 2 is 1.95 bits per heavy atom. The third-order valence-electron chi connectivity index (χ3n) is 3.24. The Hall–Kier alpha value is -1.71. The van der Waals surface area contributed by atoms with Crippen molar-refractivity contribution in [3.8, 4) is 11.3 Å². The molecule has 0 spiro atoms. The first kappa shape index (κ1) is 13.7. The topological polar surface area (TPSA) is 43.6 Å². The summed E-state index contributed by atoms with van der Waals surface area (Å²) in [7, 11) is 0. The van der Waals surface area contributed by atoms with Gasteiger partial charge in [-0.25, -0.2) is 0 Å². The number of aromatic nitrogens is 4. The van der Waals surface area contributed by atoms with E-state index < -0.39 is 0 Å². The van der Waals surface area contributed by atoms with Gasteiger partial charge in [-0.05, 0) is 18.6 Å². The maximum absolute atomic E-state index is 4.19. The van der Waals surface area contributed by atoms with Crippen molar-refractivity contribution in [1.82, 2.24) is 20.0 Å². The first-order valence-electron chi connectivity index (χ1n) is 7.20. The molecule has 2 rings (SSSR count). The highest BCUT2D eigenvalue weighted by molar-refractivity contribution is 5.55. The van der Waals surface area contributed by atoms with Crippen LogP contribution in [-0.4, -0.2) is 20.0 Å². The number of pyridine rings is 1. The zero-order valence-electron chi connectivity index (χ0n) is 11.6. The molecule has 102 valence electrons. The van der Waals surface area contributed by atoms with Gasteiger partial charge >= 0.3 is 0 Å². The van der Waals surface area contributed by atoms with Gasteiger partial charge in [-0.1, -0.05) is 44.2 Å². The molecule has 0 aliphatic heterocycles. The van der Waals surface area contributed by atoms with E-state index in [0.717, 1.165) is 17.8 Å². The highest BCUT2D eigenvalue weighted by Gasteiger charge is 2.03. The number of unbranched alkanes of at least 4 members (excludes halogenated alkanes) is 5. The predicted molar refractivity (Wildman–Crippen MR) is 76.6 cm³/mol. The van der Waals surface area contributed by atoms with Gasteiger partial charge in [0.1, 0.15) is 5.69 Å². The fourth-order valence-corrected chi connectivity index (χ4v) is 2.11. The van der Waals surface area contributed by atoms with E-state index in [1.165, 1.54) is 38.5 Å². The quantitative estimate of drug-likeness (QED) is 0.678. The fraction of sp³-hybridized carbons (Fsp3) is 0.533. The molecule has 0 amide bonds. The van der Waals surface area contributed by atoms with Gasteiger partial charge in [0.05, 0.1) is 6.20 Å². The van der Waals surface area contributed by atoms with Gasteiger partial charge in [-0.3, -0.25) is 9.67 Å². The first-order valence-corrected chi connectivity index (χ1v) is 7.20. The first-order chi connectivity index (χ1) is 9.40. The molecule has 0 atom stereocenters. The standard InChI is InChI=1S/C15H22N4/c1-2-3-4-5-6-7-11-19-13-15(17-18-19)14-9-8-10-16-12-14/h8-10,12-13H,2-7,11H2,1H3. The Morgan fingerprint density at radius 3 is 2.74 bits per heavy atom. The van der Waals surface area contributed by atoms with Crippen molar-refractivity contribution in [3.63, 3.8) is 0 Å². The summed E-state index contributed by atoms with van der Waals surface area (Å²) < 4.78 is 1.93. The van der Waals surface area contributed by atoms with Gasteiger partial charge in [-0.2, -0.15) is 0 Å². The van der Waals surface area contributed by atoms with Gasteiger partial charge in [-0.15, -0.1) is 5.10 Å². The van der Waals surface area contributed by atoms with Crippen molar-refractivity contribution in [3.05, 3.63) is 30.7 Å². The minimum Gasteiger partial charge on any atom is -0.264 e. The van der Waals surface area contributed by atoms with E-state index in [2.05, 4.69) is 22.2 Å². The van der Waals surface area contributed by atoms with E-state index in [1.54, 1.807) is 6.20 Å². The molecular formula is C15H22N4. The largest absolute Gasteiger partial charge is 0.264 e. The van der Waals surface area contributed by atoms with Crippen LogP contribution in [0.4, 0.5) is 0 Å². The lowest BCUT2D eigenvalue weighted by molar-refractivity contribution is 0.516. The lowest BCUT2D eigenvalue weighted by Crippen LogP contribution is -1.98. The van der Waals surface area contributed by atoms with Gasteiger partial charge in [0.2, 0.25) is 0 Å².